The maximum Gasteiger partial charge on any atom is 0.303 e. The SMILES string of the molecule is O=C([O-])c1cc([N+](=O)[O-])c(I)c([N+](=O)[O-])c1I. The molecule has 0 N–H and O–H groups in total. The first kappa shape index (κ1) is 14.0. The lowest BCUT2D eigenvalue weighted by molar-refractivity contribution is -0.396. The van der Waals surface area contributed by atoms with E-state index in [9.17, 15) is 30.1 Å². The van der Waals surface area contributed by atoms with E-state index in [-0.39, 0.29) is 7.14 Å². The van der Waals surface area contributed by atoms with Crippen molar-refractivity contribution in [2.75, 3.05) is 0 Å². The number of nitro groups is 2. The Bertz CT molecular complexity index is 505. The third-order valence-electron chi connectivity index (χ3n) is 1.76. The Morgan fingerprint density at radius 3 is 2.00 bits per heavy atom. The van der Waals surface area contributed by atoms with Crippen LogP contribution in [0, 0.1) is 27.4 Å². The number of rotatable bonds is 3. The minimum Gasteiger partial charge on any atom is -0.545 e. The molecule has 0 atom stereocenters. The average Bonchev–Trinajstić information content (AvgIpc) is 2.15. The van der Waals surface area contributed by atoms with E-state index in [0.717, 1.165) is 6.07 Å². The molecular formula is C7HI2N2O6-. The van der Waals surface area contributed by atoms with Gasteiger partial charge < -0.3 is 9.90 Å². The van der Waals surface area contributed by atoms with Crippen LogP contribution in [0.1, 0.15) is 10.4 Å². The molecule has 0 spiro atoms. The normalized spacial score (nSPS) is 10.0. The zero-order valence-electron chi connectivity index (χ0n) is 7.68. The van der Waals surface area contributed by atoms with Gasteiger partial charge >= 0.3 is 5.69 Å². The third kappa shape index (κ3) is 2.62. The van der Waals surface area contributed by atoms with Gasteiger partial charge in [0.15, 0.2) is 3.57 Å². The minimum atomic E-state index is -1.70. The lowest BCUT2D eigenvalue weighted by atomic mass is 10.2. The van der Waals surface area contributed by atoms with E-state index < -0.39 is 32.8 Å². The number of hydrogen-bond acceptors (Lipinski definition) is 6. The standard InChI is InChI=1S/C7H2I2N2O6/c8-4-2(7(12)13)1-3(10(14)15)5(9)6(4)11(16)17/h1H,(H,12,13)/p-1. The minimum absolute atomic E-state index is 0.192. The second-order valence-electron chi connectivity index (χ2n) is 2.72. The molecule has 8 nitrogen and oxygen atoms in total. The van der Waals surface area contributed by atoms with Gasteiger partial charge in [-0.15, -0.1) is 0 Å². The maximum absolute atomic E-state index is 10.8. The maximum atomic E-state index is 10.8. The zero-order valence-corrected chi connectivity index (χ0v) is 12.0. The largest absolute Gasteiger partial charge is 0.545 e. The second-order valence-corrected chi connectivity index (χ2v) is 4.88. The van der Waals surface area contributed by atoms with Crippen LogP contribution in [0.3, 0.4) is 0 Å². The molecule has 0 bridgehead atoms. The van der Waals surface area contributed by atoms with Crippen molar-refractivity contribution in [3.05, 3.63) is 39.0 Å². The lowest BCUT2D eigenvalue weighted by Crippen LogP contribution is -2.24. The summed E-state index contributed by atoms with van der Waals surface area (Å²) in [7, 11) is 0. The fourth-order valence-electron chi connectivity index (χ4n) is 1.05. The van der Waals surface area contributed by atoms with E-state index in [1.807, 2.05) is 0 Å². The van der Waals surface area contributed by atoms with Crippen LogP contribution in [0.5, 0.6) is 0 Å². The van der Waals surface area contributed by atoms with Crippen LogP contribution < -0.4 is 5.11 Å². The molecule has 0 saturated carbocycles. The smallest absolute Gasteiger partial charge is 0.303 e. The number of carbonyl (C=O) groups excluding carboxylic acids is 1. The number of carbonyl (C=O) groups is 1. The Hall–Kier alpha value is -1.05. The summed E-state index contributed by atoms with van der Waals surface area (Å²) < 4.78 is -0.408. The number of aromatic carboxylic acids is 1. The quantitative estimate of drug-likeness (QED) is 0.375. The fourth-order valence-corrected chi connectivity index (χ4v) is 3.23. The summed E-state index contributed by atoms with van der Waals surface area (Å²) in [5.74, 6) is -1.70. The molecular weight excluding hydrogens is 462 g/mol. The van der Waals surface area contributed by atoms with Crippen LogP contribution in [-0.4, -0.2) is 15.8 Å². The highest BCUT2D eigenvalue weighted by Gasteiger charge is 2.29. The molecule has 0 aliphatic carbocycles. The Morgan fingerprint density at radius 2 is 1.65 bits per heavy atom. The van der Waals surface area contributed by atoms with Gasteiger partial charge in [-0.3, -0.25) is 20.2 Å². The number of halogens is 2. The number of nitro benzene ring substituents is 2. The first-order valence-electron chi connectivity index (χ1n) is 3.79. The van der Waals surface area contributed by atoms with Gasteiger partial charge in [-0.1, -0.05) is 0 Å². The van der Waals surface area contributed by atoms with Gasteiger partial charge in [0, 0.05) is 11.6 Å². The third-order valence-corrected chi connectivity index (χ3v) is 3.91. The molecule has 1 rings (SSSR count). The van der Waals surface area contributed by atoms with Crippen molar-refractivity contribution in [1.29, 1.82) is 0 Å². The van der Waals surface area contributed by atoms with Gasteiger partial charge in [-0.2, -0.15) is 0 Å². The number of hydrogen-bond donors (Lipinski definition) is 0. The van der Waals surface area contributed by atoms with Crippen molar-refractivity contribution in [3.8, 4) is 0 Å². The summed E-state index contributed by atoms with van der Waals surface area (Å²) in [4.78, 5) is 30.4. The Morgan fingerprint density at radius 1 is 1.12 bits per heavy atom. The topological polar surface area (TPSA) is 126 Å². The summed E-state index contributed by atoms with van der Waals surface area (Å²) >= 11 is 2.88. The van der Waals surface area contributed by atoms with Gasteiger partial charge in [-0.25, -0.2) is 0 Å². The van der Waals surface area contributed by atoms with Crippen molar-refractivity contribution in [3.63, 3.8) is 0 Å². The van der Waals surface area contributed by atoms with E-state index in [1.54, 1.807) is 0 Å². The van der Waals surface area contributed by atoms with Crippen LogP contribution in [0.15, 0.2) is 6.07 Å². The Labute approximate surface area is 121 Å². The molecule has 0 aromatic heterocycles. The van der Waals surface area contributed by atoms with Crippen molar-refractivity contribution in [1.82, 2.24) is 0 Å². The first-order chi connectivity index (χ1) is 7.77. The van der Waals surface area contributed by atoms with Crippen LogP contribution in [0.2, 0.25) is 0 Å². The molecule has 10 heteroatoms. The van der Waals surface area contributed by atoms with Crippen LogP contribution >= 0.6 is 45.2 Å². The summed E-state index contributed by atoms with van der Waals surface area (Å²) in [6.45, 7) is 0. The summed E-state index contributed by atoms with van der Waals surface area (Å²) in [5.41, 5.74) is -1.79. The van der Waals surface area contributed by atoms with Crippen LogP contribution in [0.4, 0.5) is 11.4 Å². The van der Waals surface area contributed by atoms with E-state index in [4.69, 9.17) is 0 Å². The van der Waals surface area contributed by atoms with Crippen molar-refractivity contribution < 1.29 is 19.7 Å². The summed E-state index contributed by atoms with van der Waals surface area (Å²) in [5, 5.41) is 32.1. The highest BCUT2D eigenvalue weighted by Crippen LogP contribution is 2.36. The average molecular weight is 463 g/mol. The molecule has 0 aliphatic heterocycles. The number of benzene rings is 1. The zero-order chi connectivity index (χ0) is 13.3. The van der Waals surface area contributed by atoms with E-state index in [0.29, 0.717) is 0 Å². The monoisotopic (exact) mass is 463 g/mol. The van der Waals surface area contributed by atoms with Gasteiger partial charge in [0.25, 0.3) is 5.69 Å². The molecule has 0 aliphatic rings. The van der Waals surface area contributed by atoms with Crippen molar-refractivity contribution in [2.24, 2.45) is 0 Å². The van der Waals surface area contributed by atoms with E-state index >= 15 is 0 Å². The predicted octanol–water partition coefficient (Wildman–Crippen LogP) is 1.08. The molecule has 0 unspecified atom stereocenters. The van der Waals surface area contributed by atoms with Crippen molar-refractivity contribution in [2.45, 2.75) is 0 Å². The second kappa shape index (κ2) is 5.07. The molecule has 0 amide bonds. The van der Waals surface area contributed by atoms with E-state index in [1.165, 1.54) is 45.2 Å². The Kier molecular flexibility index (Phi) is 4.18. The highest BCUT2D eigenvalue weighted by atomic mass is 127. The van der Waals surface area contributed by atoms with Gasteiger partial charge in [-0.05, 0) is 45.2 Å². The fraction of sp³-hybridized carbons (Fsp3) is 0. The number of nitrogens with zero attached hydrogens (tertiary/aromatic N) is 2. The molecule has 1 aromatic carbocycles. The summed E-state index contributed by atoms with van der Waals surface area (Å²) in [6.07, 6.45) is 0. The molecule has 1 aromatic rings. The van der Waals surface area contributed by atoms with Crippen LogP contribution in [0.25, 0.3) is 0 Å². The van der Waals surface area contributed by atoms with Gasteiger partial charge in [0.1, 0.15) is 3.57 Å². The molecule has 0 fully saturated rings. The molecule has 17 heavy (non-hydrogen) atoms. The van der Waals surface area contributed by atoms with Gasteiger partial charge in [0.05, 0.1) is 15.8 Å². The molecule has 0 saturated heterocycles. The number of carboxylic acid groups (broad SMARTS) is 1. The number of carboxylic acids is 1. The van der Waals surface area contributed by atoms with Crippen LogP contribution in [-0.2, 0) is 0 Å². The molecule has 0 radical (unpaired) electrons. The van der Waals surface area contributed by atoms with Gasteiger partial charge in [0.2, 0.25) is 0 Å². The van der Waals surface area contributed by atoms with Crippen molar-refractivity contribution >= 4 is 62.5 Å². The van der Waals surface area contributed by atoms with E-state index in [2.05, 4.69) is 0 Å². The summed E-state index contributed by atoms with van der Waals surface area (Å²) in [6, 6.07) is 0.756. The Balaban J connectivity index is 3.76. The lowest BCUT2D eigenvalue weighted by Gasteiger charge is -2.07. The highest BCUT2D eigenvalue weighted by molar-refractivity contribution is 14.1. The molecule has 0 heterocycles. The molecule has 90 valence electrons. The predicted molar refractivity (Wildman–Crippen MR) is 69.5 cm³/mol. The first-order valence-corrected chi connectivity index (χ1v) is 5.95.